The summed E-state index contributed by atoms with van der Waals surface area (Å²) in [5, 5.41) is 5.21. The lowest BCUT2D eigenvalue weighted by Gasteiger charge is -2.18. The topological polar surface area (TPSA) is 85.9 Å². The van der Waals surface area contributed by atoms with Crippen molar-refractivity contribution >= 4 is 11.8 Å². The zero-order chi connectivity index (χ0) is 19.2. The van der Waals surface area contributed by atoms with Crippen molar-refractivity contribution in [2.75, 3.05) is 20.4 Å². The molecule has 0 spiro atoms. The Hall–Kier alpha value is -3.06. The molecule has 2 aromatic rings. The lowest BCUT2D eigenvalue weighted by Crippen LogP contribution is -2.41. The second-order valence-corrected chi connectivity index (χ2v) is 6.16. The molecular formula is C20H22N2O5. The Balaban J connectivity index is 1.50. The highest BCUT2D eigenvalue weighted by Crippen LogP contribution is 2.32. The number of hydrogen-bond acceptors (Lipinski definition) is 5. The number of ether oxygens (including phenoxy) is 3. The summed E-state index contributed by atoms with van der Waals surface area (Å²) in [5.74, 6) is -0.101. The molecule has 1 heterocycles. The van der Waals surface area contributed by atoms with Crippen LogP contribution >= 0.6 is 0 Å². The lowest BCUT2D eigenvalue weighted by atomic mass is 10.0. The molecule has 1 atom stereocenters. The molecule has 0 saturated carbocycles. The number of nitrogens with one attached hydrogen (secondary N) is 2. The van der Waals surface area contributed by atoms with Gasteiger partial charge in [0.25, 0.3) is 0 Å². The molecule has 2 amide bonds. The zero-order valence-corrected chi connectivity index (χ0v) is 15.3. The van der Waals surface area contributed by atoms with Gasteiger partial charge in [-0.2, -0.15) is 0 Å². The Morgan fingerprint density at radius 3 is 2.59 bits per heavy atom. The molecule has 3 rings (SSSR count). The minimum absolute atomic E-state index is 0.190. The van der Waals surface area contributed by atoms with Gasteiger partial charge < -0.3 is 24.8 Å². The maximum absolute atomic E-state index is 12.1. The largest absolute Gasteiger partial charge is 0.454 e. The number of carbonyl (C=O) groups excluding carboxylic acids is 2. The van der Waals surface area contributed by atoms with E-state index in [0.717, 1.165) is 16.7 Å². The average molecular weight is 370 g/mol. The standard InChI is InChI=1S/C20H22N2O5/c1-13-5-3-4-6-15(13)18(25-2)11-22-20(24)19(23)21-10-14-7-8-16-17(9-14)27-12-26-16/h3-9,18H,10-12H2,1-2H3,(H,21,23)(H,22,24). The number of aryl methyl sites for hydroxylation is 1. The van der Waals surface area contributed by atoms with E-state index in [9.17, 15) is 9.59 Å². The van der Waals surface area contributed by atoms with Gasteiger partial charge in [0, 0.05) is 20.2 Å². The van der Waals surface area contributed by atoms with Gasteiger partial charge in [0.05, 0.1) is 6.10 Å². The number of hydrogen-bond donors (Lipinski definition) is 2. The molecule has 0 aliphatic carbocycles. The second kappa shape index (κ2) is 8.55. The van der Waals surface area contributed by atoms with Gasteiger partial charge in [-0.15, -0.1) is 0 Å². The molecule has 27 heavy (non-hydrogen) atoms. The molecule has 2 N–H and O–H groups in total. The summed E-state index contributed by atoms with van der Waals surface area (Å²) in [5.41, 5.74) is 2.85. The lowest BCUT2D eigenvalue weighted by molar-refractivity contribution is -0.139. The highest BCUT2D eigenvalue weighted by molar-refractivity contribution is 6.35. The Kier molecular flexibility index (Phi) is 5.93. The number of benzene rings is 2. The predicted octanol–water partition coefficient (Wildman–Crippen LogP) is 1.84. The van der Waals surface area contributed by atoms with Crippen LogP contribution in [-0.4, -0.2) is 32.3 Å². The quantitative estimate of drug-likeness (QED) is 0.758. The minimum Gasteiger partial charge on any atom is -0.454 e. The number of amides is 2. The summed E-state index contributed by atoms with van der Waals surface area (Å²) in [7, 11) is 1.57. The summed E-state index contributed by atoms with van der Waals surface area (Å²) in [6.45, 7) is 2.59. The Morgan fingerprint density at radius 1 is 1.07 bits per heavy atom. The maximum Gasteiger partial charge on any atom is 0.309 e. The van der Waals surface area contributed by atoms with Gasteiger partial charge in [0.15, 0.2) is 11.5 Å². The van der Waals surface area contributed by atoms with Crippen molar-refractivity contribution in [3.63, 3.8) is 0 Å². The first-order valence-corrected chi connectivity index (χ1v) is 8.61. The molecule has 7 heteroatoms. The van der Waals surface area contributed by atoms with Crippen LogP contribution in [0.1, 0.15) is 22.8 Å². The summed E-state index contributed by atoms with van der Waals surface area (Å²) in [6.07, 6.45) is -0.322. The van der Waals surface area contributed by atoms with E-state index in [1.807, 2.05) is 37.3 Å². The molecule has 1 aliphatic heterocycles. The smallest absolute Gasteiger partial charge is 0.309 e. The van der Waals surface area contributed by atoms with Gasteiger partial charge in [0.1, 0.15) is 0 Å². The Labute approximate surface area is 157 Å². The molecule has 0 aromatic heterocycles. The molecular weight excluding hydrogens is 348 g/mol. The van der Waals surface area contributed by atoms with Crippen molar-refractivity contribution in [2.45, 2.75) is 19.6 Å². The normalized spacial score (nSPS) is 13.1. The van der Waals surface area contributed by atoms with Gasteiger partial charge in [-0.05, 0) is 35.7 Å². The van der Waals surface area contributed by atoms with Gasteiger partial charge in [-0.3, -0.25) is 9.59 Å². The summed E-state index contributed by atoms with van der Waals surface area (Å²) in [6, 6.07) is 13.1. The molecule has 1 aliphatic rings. The predicted molar refractivity (Wildman–Crippen MR) is 98.4 cm³/mol. The van der Waals surface area contributed by atoms with Crippen LogP contribution in [0.3, 0.4) is 0 Å². The molecule has 0 radical (unpaired) electrons. The minimum atomic E-state index is -0.702. The zero-order valence-electron chi connectivity index (χ0n) is 15.3. The number of fused-ring (bicyclic) bond motifs is 1. The van der Waals surface area contributed by atoms with Crippen LogP contribution < -0.4 is 20.1 Å². The average Bonchev–Trinajstić information content (AvgIpc) is 3.15. The summed E-state index contributed by atoms with van der Waals surface area (Å²) < 4.78 is 16.0. The van der Waals surface area contributed by atoms with E-state index >= 15 is 0 Å². The number of rotatable bonds is 6. The van der Waals surface area contributed by atoms with Crippen molar-refractivity contribution in [3.05, 3.63) is 59.2 Å². The van der Waals surface area contributed by atoms with E-state index in [2.05, 4.69) is 10.6 Å². The Morgan fingerprint density at radius 2 is 1.81 bits per heavy atom. The fourth-order valence-corrected chi connectivity index (χ4v) is 2.85. The molecule has 142 valence electrons. The summed E-state index contributed by atoms with van der Waals surface area (Å²) in [4.78, 5) is 24.1. The van der Waals surface area contributed by atoms with Crippen LogP contribution in [0.2, 0.25) is 0 Å². The first-order chi connectivity index (χ1) is 13.1. The van der Waals surface area contributed by atoms with Crippen LogP contribution in [0.4, 0.5) is 0 Å². The summed E-state index contributed by atoms with van der Waals surface area (Å²) >= 11 is 0. The Bertz CT molecular complexity index is 837. The van der Waals surface area contributed by atoms with E-state index in [4.69, 9.17) is 14.2 Å². The second-order valence-electron chi connectivity index (χ2n) is 6.16. The van der Waals surface area contributed by atoms with E-state index in [1.165, 1.54) is 0 Å². The van der Waals surface area contributed by atoms with Crippen LogP contribution in [0.25, 0.3) is 0 Å². The van der Waals surface area contributed by atoms with Crippen molar-refractivity contribution in [1.29, 1.82) is 0 Å². The highest BCUT2D eigenvalue weighted by Gasteiger charge is 2.18. The fraction of sp³-hybridized carbons (Fsp3) is 0.300. The van der Waals surface area contributed by atoms with E-state index in [0.29, 0.717) is 11.5 Å². The first kappa shape index (κ1) is 18.7. The van der Waals surface area contributed by atoms with Crippen LogP contribution in [0.5, 0.6) is 11.5 Å². The van der Waals surface area contributed by atoms with Crippen LogP contribution in [0, 0.1) is 6.92 Å². The van der Waals surface area contributed by atoms with Gasteiger partial charge >= 0.3 is 11.8 Å². The number of methoxy groups -OCH3 is 1. The van der Waals surface area contributed by atoms with Gasteiger partial charge in [0.2, 0.25) is 6.79 Å². The molecule has 0 saturated heterocycles. The van der Waals surface area contributed by atoms with Crippen molar-refractivity contribution in [2.24, 2.45) is 0 Å². The number of carbonyl (C=O) groups is 2. The van der Waals surface area contributed by atoms with Crippen molar-refractivity contribution in [3.8, 4) is 11.5 Å². The van der Waals surface area contributed by atoms with Crippen LogP contribution in [0.15, 0.2) is 42.5 Å². The molecule has 2 aromatic carbocycles. The van der Waals surface area contributed by atoms with E-state index in [1.54, 1.807) is 19.2 Å². The molecule has 1 unspecified atom stereocenters. The molecule has 7 nitrogen and oxygen atoms in total. The SMILES string of the molecule is COC(CNC(=O)C(=O)NCc1ccc2c(c1)OCO2)c1ccccc1C. The molecule has 0 bridgehead atoms. The third-order valence-electron chi connectivity index (χ3n) is 4.36. The third-order valence-corrected chi connectivity index (χ3v) is 4.36. The fourth-order valence-electron chi connectivity index (χ4n) is 2.85. The van der Waals surface area contributed by atoms with E-state index < -0.39 is 11.8 Å². The monoisotopic (exact) mass is 370 g/mol. The maximum atomic E-state index is 12.1. The van der Waals surface area contributed by atoms with Gasteiger partial charge in [-0.1, -0.05) is 30.3 Å². The van der Waals surface area contributed by atoms with Gasteiger partial charge in [-0.25, -0.2) is 0 Å². The van der Waals surface area contributed by atoms with E-state index in [-0.39, 0.29) is 26.0 Å². The molecule has 0 fully saturated rings. The third kappa shape index (κ3) is 4.57. The first-order valence-electron chi connectivity index (χ1n) is 8.61. The van der Waals surface area contributed by atoms with Crippen molar-refractivity contribution < 1.29 is 23.8 Å². The highest BCUT2D eigenvalue weighted by atomic mass is 16.7. The van der Waals surface area contributed by atoms with Crippen LogP contribution in [-0.2, 0) is 20.9 Å². The van der Waals surface area contributed by atoms with Crippen molar-refractivity contribution in [1.82, 2.24) is 10.6 Å².